The highest BCUT2D eigenvalue weighted by molar-refractivity contribution is 6.59. The lowest BCUT2D eigenvalue weighted by Crippen LogP contribution is -2.36. The fourth-order valence-electron chi connectivity index (χ4n) is 3.63. The summed E-state index contributed by atoms with van der Waals surface area (Å²) in [6.45, 7) is 0.530. The van der Waals surface area contributed by atoms with Gasteiger partial charge in [-0.15, -0.1) is 5.10 Å². The number of halogens is 8. The van der Waals surface area contributed by atoms with E-state index in [1.807, 2.05) is 29.1 Å². The summed E-state index contributed by atoms with van der Waals surface area (Å²) >= 11 is 5.74. The Morgan fingerprint density at radius 2 is 1.54 bits per heavy atom. The number of hydrogen-bond donors (Lipinski definition) is 2. The number of benzene rings is 2. The van der Waals surface area contributed by atoms with Gasteiger partial charge in [-0.2, -0.15) is 31.4 Å². The number of alkyl halides is 6. The van der Waals surface area contributed by atoms with Gasteiger partial charge in [-0.3, -0.25) is 0 Å². The summed E-state index contributed by atoms with van der Waals surface area (Å²) in [4.78, 5) is 8.82. The highest BCUT2D eigenvalue weighted by atomic mass is 35.5. The third kappa shape index (κ3) is 7.37. The molecule has 0 amide bonds. The van der Waals surface area contributed by atoms with Crippen molar-refractivity contribution in [2.75, 3.05) is 0 Å². The standard InChI is InChI=1S/C17H11ClFN5.C8H5BF6O2/c18-16-6-5-11(22-23-16)9-24-8-7-14-15(10-24)21-17(20-14)12-3-1-2-4-13(12)19;10-7(11,12)4-1-2-6(9(16)17)5(3-4)8(13,14)15/h1-8,10H,9H2;1-3,16-17H. The molecule has 3 aromatic rings. The number of hydrogen-bond acceptors (Lipinski definition) is 6. The topological polar surface area (TPSA) is 97.0 Å². The second-order valence-electron chi connectivity index (χ2n) is 8.43. The Balaban J connectivity index is 0.000000202. The Labute approximate surface area is 232 Å². The van der Waals surface area contributed by atoms with Crippen LogP contribution in [0.2, 0.25) is 5.15 Å². The first-order chi connectivity index (χ1) is 19.2. The number of pyridine rings is 1. The molecular formula is C25H16BClF7N5O2. The van der Waals surface area contributed by atoms with Crippen molar-refractivity contribution in [3.63, 3.8) is 0 Å². The van der Waals surface area contributed by atoms with Crippen LogP contribution >= 0.6 is 11.6 Å². The van der Waals surface area contributed by atoms with Crippen LogP contribution in [0.15, 0.2) is 73.1 Å². The average molecular weight is 598 g/mol. The first-order valence-electron chi connectivity index (χ1n) is 11.4. The molecule has 3 heterocycles. The van der Waals surface area contributed by atoms with E-state index in [0.717, 1.165) is 5.69 Å². The highest BCUT2D eigenvalue weighted by Crippen LogP contribution is 2.34. The van der Waals surface area contributed by atoms with Crippen molar-refractivity contribution in [1.82, 2.24) is 24.7 Å². The molecule has 0 saturated heterocycles. The van der Waals surface area contributed by atoms with E-state index in [1.54, 1.807) is 24.3 Å². The van der Waals surface area contributed by atoms with Gasteiger partial charge >= 0.3 is 19.5 Å². The molecule has 5 rings (SSSR count). The summed E-state index contributed by atoms with van der Waals surface area (Å²) < 4.78 is 89.6. The Bertz CT molecular complexity index is 1610. The van der Waals surface area contributed by atoms with Crippen LogP contribution in [-0.2, 0) is 18.9 Å². The largest absolute Gasteiger partial charge is 0.489 e. The van der Waals surface area contributed by atoms with E-state index < -0.39 is 36.1 Å². The van der Waals surface area contributed by atoms with Crippen molar-refractivity contribution in [2.24, 2.45) is 0 Å². The molecule has 2 aliphatic heterocycles. The van der Waals surface area contributed by atoms with Crippen LogP contribution in [0, 0.1) is 5.82 Å². The van der Waals surface area contributed by atoms with Crippen LogP contribution in [0.3, 0.4) is 0 Å². The van der Waals surface area contributed by atoms with Gasteiger partial charge in [0.25, 0.3) is 0 Å². The maximum absolute atomic E-state index is 13.9. The molecule has 0 bridgehead atoms. The normalized spacial score (nSPS) is 11.8. The minimum absolute atomic E-state index is 0.158. The molecule has 2 aliphatic rings. The lowest BCUT2D eigenvalue weighted by molar-refractivity contribution is -0.142. The molecule has 0 fully saturated rings. The molecule has 0 radical (unpaired) electrons. The summed E-state index contributed by atoms with van der Waals surface area (Å²) in [7, 11) is -2.49. The summed E-state index contributed by atoms with van der Waals surface area (Å²) in [6.07, 6.45) is -6.30. The molecule has 0 saturated carbocycles. The molecule has 212 valence electrons. The van der Waals surface area contributed by atoms with E-state index in [-0.39, 0.29) is 11.9 Å². The van der Waals surface area contributed by atoms with Crippen LogP contribution in [-0.4, -0.2) is 41.9 Å². The smallest absolute Gasteiger partial charge is 0.423 e. The monoisotopic (exact) mass is 597 g/mol. The van der Waals surface area contributed by atoms with Gasteiger partial charge in [0.1, 0.15) is 11.5 Å². The Hall–Kier alpha value is -4.08. The lowest BCUT2D eigenvalue weighted by Gasteiger charge is -2.15. The minimum Gasteiger partial charge on any atom is -0.423 e. The van der Waals surface area contributed by atoms with Gasteiger partial charge in [0.2, 0.25) is 0 Å². The zero-order chi connectivity index (χ0) is 29.9. The fraction of sp³-hybridized carbons (Fsp3) is 0.120. The molecule has 2 aromatic carbocycles. The Kier molecular flexibility index (Phi) is 8.61. The van der Waals surface area contributed by atoms with Crippen molar-refractivity contribution in [3.8, 4) is 22.8 Å². The zero-order valence-corrected chi connectivity index (χ0v) is 21.1. The third-order valence-corrected chi connectivity index (χ3v) is 5.74. The molecule has 0 atom stereocenters. The molecule has 1 aromatic heterocycles. The van der Waals surface area contributed by atoms with Crippen LogP contribution in [0.25, 0.3) is 22.8 Å². The lowest BCUT2D eigenvalue weighted by atomic mass is 9.76. The van der Waals surface area contributed by atoms with Gasteiger partial charge in [0, 0.05) is 12.4 Å². The van der Waals surface area contributed by atoms with Gasteiger partial charge in [-0.25, -0.2) is 14.4 Å². The van der Waals surface area contributed by atoms with Crippen molar-refractivity contribution < 1.29 is 40.8 Å². The number of imidazole rings is 1. The van der Waals surface area contributed by atoms with Gasteiger partial charge in [0.05, 0.1) is 34.6 Å². The van der Waals surface area contributed by atoms with E-state index in [4.69, 9.17) is 21.6 Å². The molecule has 2 N–H and O–H groups in total. The molecule has 7 nitrogen and oxygen atoms in total. The van der Waals surface area contributed by atoms with Crippen molar-refractivity contribution in [2.45, 2.75) is 18.9 Å². The molecular weight excluding hydrogens is 582 g/mol. The average Bonchev–Trinajstić information content (AvgIpc) is 3.32. The van der Waals surface area contributed by atoms with Gasteiger partial charge in [-0.1, -0.05) is 35.9 Å². The predicted octanol–water partition coefficient (Wildman–Crippen LogP) is 5.08. The van der Waals surface area contributed by atoms with E-state index in [1.165, 1.54) is 6.07 Å². The quantitative estimate of drug-likeness (QED) is 0.222. The first kappa shape index (κ1) is 29.9. The number of rotatable bonds is 4. The van der Waals surface area contributed by atoms with Crippen LogP contribution in [0.4, 0.5) is 30.7 Å². The maximum Gasteiger partial charge on any atom is 0.489 e. The van der Waals surface area contributed by atoms with Crippen molar-refractivity contribution >= 4 is 24.2 Å². The predicted molar refractivity (Wildman–Crippen MR) is 134 cm³/mol. The second-order valence-corrected chi connectivity index (χ2v) is 8.82. The summed E-state index contributed by atoms with van der Waals surface area (Å²) in [5, 5.41) is 25.5. The zero-order valence-electron chi connectivity index (χ0n) is 20.4. The fourth-order valence-corrected chi connectivity index (χ4v) is 3.73. The minimum atomic E-state index is -5.10. The molecule has 0 spiro atoms. The molecule has 0 aliphatic carbocycles. The third-order valence-electron chi connectivity index (χ3n) is 5.54. The van der Waals surface area contributed by atoms with E-state index >= 15 is 0 Å². The second kappa shape index (κ2) is 11.8. The SMILES string of the molecule is Fc1ccccc1-c1nc2ccn(Cc3ccc(Cl)nn3)cc-2n1.OB(O)c1ccc(C(F)(F)F)cc1C(F)(F)F. The maximum atomic E-state index is 13.9. The molecule has 41 heavy (non-hydrogen) atoms. The molecule has 16 heteroatoms. The number of fused-ring (bicyclic) bond motifs is 1. The van der Waals surface area contributed by atoms with Crippen molar-refractivity contribution in [1.29, 1.82) is 0 Å². The van der Waals surface area contributed by atoms with Crippen LogP contribution in [0.5, 0.6) is 0 Å². The van der Waals surface area contributed by atoms with Gasteiger partial charge < -0.3 is 14.6 Å². The van der Waals surface area contributed by atoms with E-state index in [9.17, 15) is 30.7 Å². The van der Waals surface area contributed by atoms with Crippen LogP contribution < -0.4 is 5.46 Å². The van der Waals surface area contributed by atoms with E-state index in [0.29, 0.717) is 46.6 Å². The Morgan fingerprint density at radius 1 is 0.829 bits per heavy atom. The van der Waals surface area contributed by atoms with Crippen LogP contribution in [0.1, 0.15) is 16.8 Å². The number of nitrogens with zero attached hydrogens (tertiary/aromatic N) is 5. The first-order valence-corrected chi connectivity index (χ1v) is 11.8. The highest BCUT2D eigenvalue weighted by Gasteiger charge is 2.40. The van der Waals surface area contributed by atoms with Gasteiger partial charge in [-0.05, 0) is 41.9 Å². The summed E-state index contributed by atoms with van der Waals surface area (Å²) in [5.41, 5.74) is -1.67. The Morgan fingerprint density at radius 3 is 2.15 bits per heavy atom. The van der Waals surface area contributed by atoms with E-state index in [2.05, 4.69) is 20.2 Å². The summed E-state index contributed by atoms with van der Waals surface area (Å²) in [5.74, 6) is 0.0456. The number of aromatic nitrogens is 5. The van der Waals surface area contributed by atoms with Gasteiger partial charge in [0.15, 0.2) is 11.0 Å². The van der Waals surface area contributed by atoms with Crippen molar-refractivity contribution in [3.05, 3.63) is 101 Å². The molecule has 0 unspecified atom stereocenters. The summed E-state index contributed by atoms with van der Waals surface area (Å²) in [6, 6.07) is 12.4.